The van der Waals surface area contributed by atoms with Crippen molar-refractivity contribution in [3.05, 3.63) is 62.7 Å². The van der Waals surface area contributed by atoms with Crippen LogP contribution in [-0.2, 0) is 21.4 Å². The third-order valence-electron chi connectivity index (χ3n) is 9.12. The number of carbonyl (C=O) groups is 1. The molecule has 42 heavy (non-hydrogen) atoms. The molecule has 1 N–H and O–H groups in total. The van der Waals surface area contributed by atoms with Crippen LogP contribution >= 0.6 is 15.9 Å². The van der Waals surface area contributed by atoms with Gasteiger partial charge in [-0.3, -0.25) is 9.59 Å². The summed E-state index contributed by atoms with van der Waals surface area (Å²) in [6.45, 7) is 8.41. The maximum absolute atomic E-state index is 13.0. The van der Waals surface area contributed by atoms with E-state index in [1.54, 1.807) is 6.20 Å². The number of halogens is 1. The molecule has 1 aromatic carbocycles. The van der Waals surface area contributed by atoms with Crippen LogP contribution in [0.3, 0.4) is 0 Å². The number of rotatable bonds is 9. The van der Waals surface area contributed by atoms with Crippen molar-refractivity contribution in [3.8, 4) is 0 Å². The monoisotopic (exact) mass is 635 g/mol. The molecule has 2 unspecified atom stereocenters. The van der Waals surface area contributed by atoms with Crippen molar-refractivity contribution in [1.82, 2.24) is 19.9 Å². The zero-order valence-electron chi connectivity index (χ0n) is 24.3. The number of aromatic nitrogens is 3. The summed E-state index contributed by atoms with van der Waals surface area (Å²) >= 11 is 3.47. The molecular formula is C32H38BrN5O4. The Bertz CT molecular complexity index is 1650. The van der Waals surface area contributed by atoms with Crippen LogP contribution in [0, 0.1) is 5.92 Å². The molecule has 2 fully saturated rings. The van der Waals surface area contributed by atoms with Crippen molar-refractivity contribution in [2.75, 3.05) is 44.3 Å². The van der Waals surface area contributed by atoms with E-state index < -0.39 is 0 Å². The summed E-state index contributed by atoms with van der Waals surface area (Å²) in [6, 6.07) is 9.93. The van der Waals surface area contributed by atoms with Crippen molar-refractivity contribution in [1.29, 1.82) is 0 Å². The summed E-state index contributed by atoms with van der Waals surface area (Å²) in [4.78, 5) is 42.3. The SMILES string of the molecule is CC1CN(C(=O)CCOCCCc2nc(N3CCCC3)c3oc4ccccc4c3n2)CCC1(C)c1cc(Br)c[nH]c1=O. The largest absolute Gasteiger partial charge is 0.450 e. The number of nitrogens with zero attached hydrogens (tertiary/aromatic N) is 4. The Morgan fingerprint density at radius 1 is 1.19 bits per heavy atom. The molecule has 4 aromatic rings. The van der Waals surface area contributed by atoms with Crippen LogP contribution in [0.4, 0.5) is 5.82 Å². The van der Waals surface area contributed by atoms with Crippen molar-refractivity contribution in [3.63, 3.8) is 0 Å². The lowest BCUT2D eigenvalue weighted by molar-refractivity contribution is -0.135. The lowest BCUT2D eigenvalue weighted by Gasteiger charge is -2.44. The number of furan rings is 1. The molecule has 10 heteroatoms. The number of para-hydroxylation sites is 1. The fraction of sp³-hybridized carbons (Fsp3) is 0.500. The number of carbonyl (C=O) groups excluding carboxylic acids is 1. The van der Waals surface area contributed by atoms with E-state index in [0.29, 0.717) is 39.1 Å². The van der Waals surface area contributed by atoms with Crippen LogP contribution in [0.2, 0.25) is 0 Å². The Hall–Kier alpha value is -3.24. The van der Waals surface area contributed by atoms with E-state index in [-0.39, 0.29) is 22.8 Å². The number of benzene rings is 1. The maximum Gasteiger partial charge on any atom is 0.251 e. The molecule has 0 saturated carbocycles. The number of aryl methyl sites for hydroxylation is 1. The summed E-state index contributed by atoms with van der Waals surface area (Å²) in [5, 5.41) is 1.02. The van der Waals surface area contributed by atoms with Crippen LogP contribution in [0.1, 0.15) is 57.3 Å². The van der Waals surface area contributed by atoms with Gasteiger partial charge in [0, 0.05) is 66.2 Å². The quantitative estimate of drug-likeness (QED) is 0.239. The first-order valence-corrected chi connectivity index (χ1v) is 15.8. The number of amides is 1. The summed E-state index contributed by atoms with van der Waals surface area (Å²) in [7, 11) is 0. The number of aromatic amines is 1. The summed E-state index contributed by atoms with van der Waals surface area (Å²) in [5.41, 5.74) is 2.91. The molecule has 2 saturated heterocycles. The predicted molar refractivity (Wildman–Crippen MR) is 167 cm³/mol. The number of anilines is 1. The second-order valence-corrected chi connectivity index (χ2v) is 12.8. The minimum absolute atomic E-state index is 0.0589. The maximum atomic E-state index is 13.0. The highest BCUT2D eigenvalue weighted by Crippen LogP contribution is 2.39. The normalized spacial score (nSPS) is 21.1. The number of piperidine rings is 1. The van der Waals surface area contributed by atoms with Crippen molar-refractivity contribution >= 4 is 49.7 Å². The number of nitrogens with one attached hydrogen (secondary N) is 1. The number of ether oxygens (including phenoxy) is 1. The first kappa shape index (κ1) is 28.9. The van der Waals surface area contributed by atoms with Gasteiger partial charge in [0.05, 0.1) is 13.0 Å². The van der Waals surface area contributed by atoms with Gasteiger partial charge in [0.15, 0.2) is 11.4 Å². The average molecular weight is 637 g/mol. The minimum Gasteiger partial charge on any atom is -0.450 e. The standard InChI is InChI=1S/C32H38BrN5O4/c1-21-20-38(15-12-32(21,2)24-18-22(33)19-34-31(24)40)27(39)11-17-41-16-7-10-26-35-28-23-8-3-4-9-25(23)42-29(28)30(36-26)37-13-5-6-14-37/h3-4,8-9,18-19,21H,5-7,10-17,20H2,1-2H3,(H,34,40). The Kier molecular flexibility index (Phi) is 8.36. The smallest absolute Gasteiger partial charge is 0.251 e. The Labute approximate surface area is 253 Å². The first-order chi connectivity index (χ1) is 20.3. The number of likely N-dealkylation sites (tertiary alicyclic amines) is 1. The van der Waals surface area contributed by atoms with Gasteiger partial charge in [-0.05, 0) is 65.7 Å². The van der Waals surface area contributed by atoms with E-state index in [9.17, 15) is 9.59 Å². The Morgan fingerprint density at radius 3 is 2.81 bits per heavy atom. The fourth-order valence-electron chi connectivity index (χ4n) is 6.37. The first-order valence-electron chi connectivity index (χ1n) is 15.0. The van der Waals surface area contributed by atoms with Gasteiger partial charge in [-0.15, -0.1) is 0 Å². The summed E-state index contributed by atoms with van der Waals surface area (Å²) in [5.74, 6) is 1.95. The second-order valence-electron chi connectivity index (χ2n) is 11.9. The van der Waals surface area contributed by atoms with E-state index in [4.69, 9.17) is 19.1 Å². The second kappa shape index (κ2) is 12.2. The number of H-pyrrole nitrogens is 1. The highest BCUT2D eigenvalue weighted by atomic mass is 79.9. The molecule has 3 aromatic heterocycles. The predicted octanol–water partition coefficient (Wildman–Crippen LogP) is 5.59. The average Bonchev–Trinajstić information content (AvgIpc) is 3.66. The van der Waals surface area contributed by atoms with Crippen molar-refractivity contribution < 1.29 is 13.9 Å². The number of hydrogen-bond donors (Lipinski definition) is 1. The molecule has 2 aliphatic heterocycles. The van der Waals surface area contributed by atoms with Gasteiger partial charge in [0.2, 0.25) is 5.91 Å². The molecule has 0 spiro atoms. The van der Waals surface area contributed by atoms with Crippen LogP contribution in [0.5, 0.6) is 0 Å². The third kappa shape index (κ3) is 5.71. The highest BCUT2D eigenvalue weighted by molar-refractivity contribution is 9.10. The van der Waals surface area contributed by atoms with Crippen LogP contribution < -0.4 is 10.5 Å². The lowest BCUT2D eigenvalue weighted by Crippen LogP contribution is -2.51. The van der Waals surface area contributed by atoms with Gasteiger partial charge in [-0.1, -0.05) is 26.0 Å². The molecule has 1 amide bonds. The molecule has 0 radical (unpaired) electrons. The topological polar surface area (TPSA) is 105 Å². The van der Waals surface area contributed by atoms with Crippen LogP contribution in [0.25, 0.3) is 22.1 Å². The van der Waals surface area contributed by atoms with Gasteiger partial charge >= 0.3 is 0 Å². The number of fused-ring (bicyclic) bond motifs is 3. The number of pyridine rings is 1. The van der Waals surface area contributed by atoms with Gasteiger partial charge in [-0.25, -0.2) is 9.97 Å². The number of hydrogen-bond acceptors (Lipinski definition) is 7. The summed E-state index contributed by atoms with van der Waals surface area (Å²) in [6.07, 6.45) is 6.55. The third-order valence-corrected chi connectivity index (χ3v) is 9.58. The van der Waals surface area contributed by atoms with E-state index in [1.807, 2.05) is 29.2 Å². The molecule has 2 aliphatic rings. The zero-order chi connectivity index (χ0) is 29.3. The van der Waals surface area contributed by atoms with Gasteiger partial charge in [0.1, 0.15) is 16.9 Å². The molecular weight excluding hydrogens is 598 g/mol. The molecule has 9 nitrogen and oxygen atoms in total. The van der Waals surface area contributed by atoms with E-state index >= 15 is 0 Å². The lowest BCUT2D eigenvalue weighted by atomic mass is 9.68. The molecule has 2 atom stereocenters. The van der Waals surface area contributed by atoms with Crippen LogP contribution in [-0.4, -0.2) is 65.2 Å². The van der Waals surface area contributed by atoms with Gasteiger partial charge in [0.25, 0.3) is 5.56 Å². The fourth-order valence-corrected chi connectivity index (χ4v) is 6.72. The van der Waals surface area contributed by atoms with E-state index in [0.717, 1.165) is 82.5 Å². The molecule has 6 rings (SSSR count). The Morgan fingerprint density at radius 2 is 2.00 bits per heavy atom. The van der Waals surface area contributed by atoms with Crippen molar-refractivity contribution in [2.45, 2.75) is 57.8 Å². The van der Waals surface area contributed by atoms with Crippen LogP contribution in [0.15, 0.2) is 50.2 Å². The van der Waals surface area contributed by atoms with Gasteiger partial charge < -0.3 is 23.9 Å². The molecule has 222 valence electrons. The highest BCUT2D eigenvalue weighted by Gasteiger charge is 2.40. The van der Waals surface area contributed by atoms with Gasteiger partial charge in [-0.2, -0.15) is 0 Å². The van der Waals surface area contributed by atoms with Crippen molar-refractivity contribution in [2.24, 2.45) is 5.92 Å². The molecule has 5 heterocycles. The zero-order valence-corrected chi connectivity index (χ0v) is 25.9. The van der Waals surface area contributed by atoms with E-state index in [2.05, 4.69) is 45.7 Å². The molecule has 0 aliphatic carbocycles. The minimum atomic E-state index is -0.285. The van der Waals surface area contributed by atoms with E-state index in [1.165, 1.54) is 0 Å². The summed E-state index contributed by atoms with van der Waals surface area (Å²) < 4.78 is 12.9. The Balaban J connectivity index is 1.01. The molecule has 0 bridgehead atoms.